The average molecular weight is 330 g/mol. The first-order valence-electron chi connectivity index (χ1n) is 4.93. The molecule has 0 amide bonds. The van der Waals surface area contributed by atoms with Crippen LogP contribution in [0.25, 0.3) is 0 Å². The van der Waals surface area contributed by atoms with Crippen LogP contribution in [-0.4, -0.2) is 4.98 Å². The number of hydrogen-bond acceptors (Lipinski definition) is 3. The number of hydrogen-bond donors (Lipinski definition) is 1. The van der Waals surface area contributed by atoms with E-state index in [0.29, 0.717) is 5.02 Å². The number of thioether (sulfide) groups is 1. The summed E-state index contributed by atoms with van der Waals surface area (Å²) in [6.07, 6.45) is 1.79. The van der Waals surface area contributed by atoms with E-state index in [1.165, 1.54) is 0 Å². The number of nitrogens with two attached hydrogens (primary N) is 1. The van der Waals surface area contributed by atoms with Gasteiger partial charge in [-0.2, -0.15) is 0 Å². The monoisotopic (exact) mass is 328 g/mol. The molecule has 2 N–H and O–H groups in total. The van der Waals surface area contributed by atoms with E-state index in [1.807, 2.05) is 24.3 Å². The SMILES string of the molecule is Nc1ccc(Cl)cc1SCc1ccc(Br)cn1. The Labute approximate surface area is 118 Å². The minimum atomic E-state index is 0.700. The van der Waals surface area contributed by atoms with Gasteiger partial charge < -0.3 is 5.73 Å². The van der Waals surface area contributed by atoms with Gasteiger partial charge in [0.1, 0.15) is 0 Å². The van der Waals surface area contributed by atoms with Crippen molar-refractivity contribution in [3.8, 4) is 0 Å². The minimum Gasteiger partial charge on any atom is -0.398 e. The number of rotatable bonds is 3. The lowest BCUT2D eigenvalue weighted by atomic mass is 10.3. The Hall–Kier alpha value is -0.710. The lowest BCUT2D eigenvalue weighted by Crippen LogP contribution is -1.90. The molecule has 2 rings (SSSR count). The third-order valence-electron chi connectivity index (χ3n) is 2.14. The number of aromatic nitrogens is 1. The largest absolute Gasteiger partial charge is 0.398 e. The van der Waals surface area contributed by atoms with Gasteiger partial charge in [0.2, 0.25) is 0 Å². The van der Waals surface area contributed by atoms with Gasteiger partial charge in [0.05, 0.1) is 5.69 Å². The molecule has 1 aromatic carbocycles. The number of pyridine rings is 1. The Morgan fingerprint density at radius 2 is 2.12 bits per heavy atom. The van der Waals surface area contributed by atoms with Gasteiger partial charge in [-0.25, -0.2) is 0 Å². The van der Waals surface area contributed by atoms with Crippen molar-refractivity contribution in [3.05, 3.63) is 51.7 Å². The second kappa shape index (κ2) is 5.76. The fourth-order valence-corrected chi connectivity index (χ4v) is 2.67. The molecular formula is C12H10BrClN2S. The standard InChI is InChI=1S/C12H10BrClN2S/c13-8-1-3-10(16-6-8)7-17-12-5-9(14)2-4-11(12)15/h1-6H,7,15H2. The first kappa shape index (κ1) is 12.7. The predicted octanol–water partition coefficient (Wildman–Crippen LogP) is 4.37. The van der Waals surface area contributed by atoms with E-state index in [1.54, 1.807) is 24.0 Å². The van der Waals surface area contributed by atoms with Crippen molar-refractivity contribution in [1.29, 1.82) is 0 Å². The normalized spacial score (nSPS) is 10.5. The zero-order chi connectivity index (χ0) is 12.3. The smallest absolute Gasteiger partial charge is 0.0507 e. The zero-order valence-corrected chi connectivity index (χ0v) is 12.0. The van der Waals surface area contributed by atoms with Crippen LogP contribution in [-0.2, 0) is 5.75 Å². The number of anilines is 1. The molecule has 0 saturated carbocycles. The Morgan fingerprint density at radius 1 is 1.29 bits per heavy atom. The molecule has 0 saturated heterocycles. The maximum atomic E-state index is 5.93. The van der Waals surface area contributed by atoms with Crippen LogP contribution in [0.3, 0.4) is 0 Å². The quantitative estimate of drug-likeness (QED) is 0.671. The molecule has 0 aliphatic heterocycles. The van der Waals surface area contributed by atoms with Crippen LogP contribution >= 0.6 is 39.3 Å². The summed E-state index contributed by atoms with van der Waals surface area (Å²) in [5.41, 5.74) is 7.63. The number of benzene rings is 1. The molecular weight excluding hydrogens is 320 g/mol. The predicted molar refractivity (Wildman–Crippen MR) is 77.4 cm³/mol. The molecule has 2 aromatic rings. The van der Waals surface area contributed by atoms with E-state index in [-0.39, 0.29) is 0 Å². The van der Waals surface area contributed by atoms with Gasteiger partial charge in [0.15, 0.2) is 0 Å². The summed E-state index contributed by atoms with van der Waals surface area (Å²) in [5, 5.41) is 0.700. The van der Waals surface area contributed by atoms with E-state index < -0.39 is 0 Å². The van der Waals surface area contributed by atoms with Crippen molar-refractivity contribution < 1.29 is 0 Å². The number of nitrogens with zero attached hydrogens (tertiary/aromatic N) is 1. The topological polar surface area (TPSA) is 38.9 Å². The van der Waals surface area contributed by atoms with E-state index >= 15 is 0 Å². The lowest BCUT2D eigenvalue weighted by Gasteiger charge is -2.05. The highest BCUT2D eigenvalue weighted by Gasteiger charge is 2.02. The van der Waals surface area contributed by atoms with Crippen LogP contribution in [0, 0.1) is 0 Å². The highest BCUT2D eigenvalue weighted by atomic mass is 79.9. The molecule has 2 nitrogen and oxygen atoms in total. The van der Waals surface area contributed by atoms with E-state index in [9.17, 15) is 0 Å². The van der Waals surface area contributed by atoms with Crippen molar-refractivity contribution in [2.75, 3.05) is 5.73 Å². The molecule has 1 heterocycles. The summed E-state index contributed by atoms with van der Waals surface area (Å²) in [6.45, 7) is 0. The Balaban J connectivity index is 2.07. The maximum absolute atomic E-state index is 5.93. The fraction of sp³-hybridized carbons (Fsp3) is 0.0833. The summed E-state index contributed by atoms with van der Waals surface area (Å²) >= 11 is 10.9. The maximum Gasteiger partial charge on any atom is 0.0507 e. The van der Waals surface area contributed by atoms with Gasteiger partial charge in [-0.3, -0.25) is 4.98 Å². The van der Waals surface area contributed by atoms with Gasteiger partial charge in [0, 0.05) is 32.0 Å². The van der Waals surface area contributed by atoms with Gasteiger partial charge in [-0.1, -0.05) is 11.6 Å². The second-order valence-corrected chi connectivity index (χ2v) is 5.81. The van der Waals surface area contributed by atoms with Gasteiger partial charge in [0.25, 0.3) is 0 Å². The summed E-state index contributed by atoms with van der Waals surface area (Å²) < 4.78 is 0.980. The van der Waals surface area contributed by atoms with E-state index in [0.717, 1.165) is 26.5 Å². The van der Waals surface area contributed by atoms with E-state index in [2.05, 4.69) is 20.9 Å². The Bertz CT molecular complexity index is 516. The van der Waals surface area contributed by atoms with Crippen LogP contribution in [0.15, 0.2) is 45.9 Å². The Kier molecular flexibility index (Phi) is 4.31. The molecule has 17 heavy (non-hydrogen) atoms. The molecule has 0 atom stereocenters. The molecule has 5 heteroatoms. The first-order chi connectivity index (χ1) is 8.15. The third-order valence-corrected chi connectivity index (χ3v) is 3.95. The highest BCUT2D eigenvalue weighted by Crippen LogP contribution is 2.30. The van der Waals surface area contributed by atoms with Crippen molar-refractivity contribution >= 4 is 45.0 Å². The van der Waals surface area contributed by atoms with Crippen molar-refractivity contribution in [1.82, 2.24) is 4.98 Å². The van der Waals surface area contributed by atoms with Crippen LogP contribution in [0.5, 0.6) is 0 Å². The highest BCUT2D eigenvalue weighted by molar-refractivity contribution is 9.10. The fourth-order valence-electron chi connectivity index (χ4n) is 1.28. The zero-order valence-electron chi connectivity index (χ0n) is 8.86. The molecule has 0 radical (unpaired) electrons. The molecule has 1 aromatic heterocycles. The second-order valence-electron chi connectivity index (χ2n) is 3.44. The lowest BCUT2D eigenvalue weighted by molar-refractivity contribution is 1.16. The summed E-state index contributed by atoms with van der Waals surface area (Å²) in [7, 11) is 0. The minimum absolute atomic E-state index is 0.700. The molecule has 0 unspecified atom stereocenters. The third kappa shape index (κ3) is 3.63. The number of halogens is 2. The van der Waals surface area contributed by atoms with Crippen molar-refractivity contribution in [3.63, 3.8) is 0 Å². The van der Waals surface area contributed by atoms with Gasteiger partial charge >= 0.3 is 0 Å². The van der Waals surface area contributed by atoms with Crippen LogP contribution in [0.1, 0.15) is 5.69 Å². The summed E-state index contributed by atoms with van der Waals surface area (Å²) in [6, 6.07) is 9.45. The van der Waals surface area contributed by atoms with Crippen LogP contribution < -0.4 is 5.73 Å². The molecule has 0 aliphatic carbocycles. The van der Waals surface area contributed by atoms with Crippen molar-refractivity contribution in [2.45, 2.75) is 10.6 Å². The van der Waals surface area contributed by atoms with Crippen LogP contribution in [0.4, 0.5) is 5.69 Å². The number of nitrogen functional groups attached to an aromatic ring is 1. The van der Waals surface area contributed by atoms with Gasteiger partial charge in [-0.05, 0) is 46.3 Å². The Morgan fingerprint density at radius 3 is 2.82 bits per heavy atom. The molecule has 0 aliphatic rings. The van der Waals surface area contributed by atoms with Crippen molar-refractivity contribution in [2.24, 2.45) is 0 Å². The first-order valence-corrected chi connectivity index (χ1v) is 7.09. The van der Waals surface area contributed by atoms with Crippen LogP contribution in [0.2, 0.25) is 5.02 Å². The molecule has 0 bridgehead atoms. The molecule has 88 valence electrons. The summed E-state index contributed by atoms with van der Waals surface area (Å²) in [5.74, 6) is 0.776. The molecule has 0 spiro atoms. The van der Waals surface area contributed by atoms with Gasteiger partial charge in [-0.15, -0.1) is 11.8 Å². The molecule has 0 fully saturated rings. The average Bonchev–Trinajstić information content (AvgIpc) is 2.32. The van der Waals surface area contributed by atoms with E-state index in [4.69, 9.17) is 17.3 Å². The summed E-state index contributed by atoms with van der Waals surface area (Å²) in [4.78, 5) is 5.29.